The Kier molecular flexibility index (Phi) is 6.66. The molecule has 192 valence electrons. The van der Waals surface area contributed by atoms with Crippen LogP contribution in [0.4, 0.5) is 0 Å². The Labute approximate surface area is 225 Å². The van der Waals surface area contributed by atoms with Gasteiger partial charge in [-0.2, -0.15) is 5.21 Å². The van der Waals surface area contributed by atoms with Crippen LogP contribution in [0, 0.1) is 0 Å². The van der Waals surface area contributed by atoms with Crippen LogP contribution in [0.15, 0.2) is 97.1 Å². The number of fused-ring (bicyclic) bond motifs is 2. The topological polar surface area (TPSA) is 106 Å². The zero-order valence-corrected chi connectivity index (χ0v) is 21.3. The molecule has 1 amide bonds. The van der Waals surface area contributed by atoms with E-state index < -0.39 is 0 Å². The zero-order valence-electron chi connectivity index (χ0n) is 21.3. The fourth-order valence-corrected chi connectivity index (χ4v) is 4.61. The summed E-state index contributed by atoms with van der Waals surface area (Å²) in [5.41, 5.74) is 4.27. The second-order valence-corrected chi connectivity index (χ2v) is 9.30. The summed E-state index contributed by atoms with van der Waals surface area (Å²) in [6.07, 6.45) is 0.752. The average Bonchev–Trinajstić information content (AvgIpc) is 3.53. The highest BCUT2D eigenvalue weighted by Gasteiger charge is 2.15. The van der Waals surface area contributed by atoms with Crippen molar-refractivity contribution in [1.29, 1.82) is 0 Å². The first-order chi connectivity index (χ1) is 19.2. The van der Waals surface area contributed by atoms with E-state index in [1.54, 1.807) is 0 Å². The van der Waals surface area contributed by atoms with Crippen molar-refractivity contribution >= 4 is 27.6 Å². The molecule has 0 radical (unpaired) electrons. The van der Waals surface area contributed by atoms with Crippen molar-refractivity contribution in [2.75, 3.05) is 0 Å². The Hall–Kier alpha value is -5.11. The Bertz CT molecular complexity index is 1750. The number of ether oxygens (including phenoxy) is 1. The van der Waals surface area contributed by atoms with Crippen molar-refractivity contribution in [2.45, 2.75) is 26.0 Å². The molecule has 0 saturated heterocycles. The third-order valence-corrected chi connectivity index (χ3v) is 6.75. The van der Waals surface area contributed by atoms with Gasteiger partial charge in [0.15, 0.2) is 0 Å². The smallest absolute Gasteiger partial charge is 0.251 e. The van der Waals surface area contributed by atoms with Crippen LogP contribution < -0.4 is 10.1 Å². The predicted octanol–water partition coefficient (Wildman–Crippen LogP) is 6.03. The van der Waals surface area contributed by atoms with Crippen LogP contribution in [0.1, 0.15) is 41.0 Å². The number of tetrazole rings is 1. The number of nitrogens with one attached hydrogen (secondary N) is 2. The molecule has 2 N–H and O–H groups in total. The number of nitrogens with zero attached hydrogens (tertiary/aromatic N) is 4. The van der Waals surface area contributed by atoms with Gasteiger partial charge in [0.1, 0.15) is 12.4 Å². The molecule has 0 fully saturated rings. The summed E-state index contributed by atoms with van der Waals surface area (Å²) >= 11 is 0. The van der Waals surface area contributed by atoms with Crippen molar-refractivity contribution < 1.29 is 9.53 Å². The molecule has 2 heterocycles. The number of para-hydroxylation sites is 1. The minimum Gasteiger partial charge on any atom is -0.487 e. The lowest BCUT2D eigenvalue weighted by molar-refractivity contribution is 0.0935. The van der Waals surface area contributed by atoms with Crippen molar-refractivity contribution in [3.63, 3.8) is 0 Å². The number of carbonyl (C=O) groups is 1. The largest absolute Gasteiger partial charge is 0.487 e. The van der Waals surface area contributed by atoms with Crippen LogP contribution in [0.3, 0.4) is 0 Å². The fourth-order valence-electron chi connectivity index (χ4n) is 4.61. The molecule has 6 rings (SSSR count). The van der Waals surface area contributed by atoms with Gasteiger partial charge in [0.25, 0.3) is 5.91 Å². The van der Waals surface area contributed by atoms with E-state index >= 15 is 0 Å². The normalized spacial score (nSPS) is 11.9. The van der Waals surface area contributed by atoms with Gasteiger partial charge in [0.2, 0.25) is 5.82 Å². The Balaban J connectivity index is 1.15. The molecule has 0 bridgehead atoms. The molecule has 0 spiro atoms. The van der Waals surface area contributed by atoms with E-state index in [0.29, 0.717) is 18.0 Å². The van der Waals surface area contributed by atoms with Crippen LogP contribution in [-0.4, -0.2) is 31.5 Å². The van der Waals surface area contributed by atoms with Crippen LogP contribution in [-0.2, 0) is 6.61 Å². The summed E-state index contributed by atoms with van der Waals surface area (Å²) in [4.78, 5) is 17.9. The third kappa shape index (κ3) is 5.31. The fraction of sp³-hybridized carbons (Fsp3) is 0.129. The van der Waals surface area contributed by atoms with Gasteiger partial charge in [-0.3, -0.25) is 4.79 Å². The number of carbonyl (C=O) groups excluding carboxylic acids is 1. The standard InChI is InChI=1S/C31H26N6O2/c1-2-28(22-8-10-23(11-9-22)30-34-36-37-35-30)33-31(38)24-12-7-20-14-16-27(18-25(20)17-24)39-19-26-15-13-21-5-3-4-6-29(21)32-26/h3-18,28H,2,19H2,1H3,(H,33,38)(H,34,35,36,37). The summed E-state index contributed by atoms with van der Waals surface area (Å²) in [7, 11) is 0. The lowest BCUT2D eigenvalue weighted by atomic mass is 10.0. The summed E-state index contributed by atoms with van der Waals surface area (Å²) < 4.78 is 6.05. The molecular weight excluding hydrogens is 488 g/mol. The van der Waals surface area contributed by atoms with E-state index in [1.807, 2.05) is 97.9 Å². The summed E-state index contributed by atoms with van der Waals surface area (Å²) in [5, 5.41) is 20.3. The van der Waals surface area contributed by atoms with E-state index in [-0.39, 0.29) is 11.9 Å². The van der Waals surface area contributed by atoms with Gasteiger partial charge in [-0.15, -0.1) is 10.2 Å². The first kappa shape index (κ1) is 24.2. The maximum absolute atomic E-state index is 13.2. The van der Waals surface area contributed by atoms with Gasteiger partial charge in [-0.1, -0.05) is 67.6 Å². The van der Waals surface area contributed by atoms with Crippen molar-refractivity contribution in [1.82, 2.24) is 30.9 Å². The van der Waals surface area contributed by atoms with Crippen LogP contribution in [0.5, 0.6) is 5.75 Å². The third-order valence-electron chi connectivity index (χ3n) is 6.75. The van der Waals surface area contributed by atoms with E-state index in [0.717, 1.165) is 50.7 Å². The highest BCUT2D eigenvalue weighted by molar-refractivity contribution is 5.99. The lowest BCUT2D eigenvalue weighted by Gasteiger charge is -2.18. The monoisotopic (exact) mass is 514 g/mol. The molecule has 1 unspecified atom stereocenters. The van der Waals surface area contributed by atoms with Gasteiger partial charge < -0.3 is 10.1 Å². The first-order valence-corrected chi connectivity index (χ1v) is 12.8. The number of hydrogen-bond acceptors (Lipinski definition) is 6. The molecule has 6 aromatic rings. The number of aromatic nitrogens is 5. The number of hydrogen-bond donors (Lipinski definition) is 2. The number of benzene rings is 4. The summed E-state index contributed by atoms with van der Waals surface area (Å²) in [6.45, 7) is 2.41. The van der Waals surface area contributed by atoms with Gasteiger partial charge in [0.05, 0.1) is 17.3 Å². The average molecular weight is 515 g/mol. The van der Waals surface area contributed by atoms with Crippen molar-refractivity contribution in [2.24, 2.45) is 0 Å². The van der Waals surface area contributed by atoms with E-state index in [9.17, 15) is 4.79 Å². The molecule has 0 aliphatic rings. The quantitative estimate of drug-likeness (QED) is 0.257. The van der Waals surface area contributed by atoms with Gasteiger partial charge in [-0.05, 0) is 64.4 Å². The Morgan fingerprint density at radius 3 is 2.54 bits per heavy atom. The highest BCUT2D eigenvalue weighted by Crippen LogP contribution is 2.25. The summed E-state index contributed by atoms with van der Waals surface area (Å²) in [5.74, 6) is 1.13. The number of aromatic amines is 1. The van der Waals surface area contributed by atoms with E-state index in [4.69, 9.17) is 4.74 Å². The summed E-state index contributed by atoms with van der Waals surface area (Å²) in [6, 6.07) is 31.4. The van der Waals surface area contributed by atoms with Crippen molar-refractivity contribution in [3.8, 4) is 17.1 Å². The number of amides is 1. The molecule has 0 saturated carbocycles. The number of H-pyrrole nitrogens is 1. The molecule has 0 aliphatic carbocycles. The second-order valence-electron chi connectivity index (χ2n) is 9.30. The Morgan fingerprint density at radius 2 is 1.72 bits per heavy atom. The predicted molar refractivity (Wildman–Crippen MR) is 150 cm³/mol. The number of pyridine rings is 1. The van der Waals surface area contributed by atoms with Crippen molar-refractivity contribution in [3.05, 3.63) is 114 Å². The molecular formula is C31H26N6O2. The molecule has 0 aliphatic heterocycles. The molecule has 39 heavy (non-hydrogen) atoms. The number of rotatable bonds is 8. The van der Waals surface area contributed by atoms with Gasteiger partial charge >= 0.3 is 0 Å². The molecule has 1 atom stereocenters. The van der Waals surface area contributed by atoms with Crippen LogP contribution in [0.2, 0.25) is 0 Å². The van der Waals surface area contributed by atoms with Crippen LogP contribution >= 0.6 is 0 Å². The molecule has 8 heteroatoms. The minimum atomic E-state index is -0.128. The SMILES string of the molecule is CCC(NC(=O)c1ccc2ccc(OCc3ccc4ccccc4n3)cc2c1)c1ccc(-c2nn[nH]n2)cc1. The maximum Gasteiger partial charge on any atom is 0.251 e. The second kappa shape index (κ2) is 10.7. The Morgan fingerprint density at radius 1 is 0.897 bits per heavy atom. The zero-order chi connectivity index (χ0) is 26.6. The van der Waals surface area contributed by atoms with Gasteiger partial charge in [-0.25, -0.2) is 4.98 Å². The highest BCUT2D eigenvalue weighted by atomic mass is 16.5. The van der Waals surface area contributed by atoms with E-state index in [2.05, 4.69) is 37.0 Å². The lowest BCUT2D eigenvalue weighted by Crippen LogP contribution is -2.28. The molecule has 8 nitrogen and oxygen atoms in total. The molecule has 4 aromatic carbocycles. The first-order valence-electron chi connectivity index (χ1n) is 12.8. The molecule has 2 aromatic heterocycles. The minimum absolute atomic E-state index is 0.127. The van der Waals surface area contributed by atoms with Crippen LogP contribution in [0.25, 0.3) is 33.1 Å². The maximum atomic E-state index is 13.2. The van der Waals surface area contributed by atoms with E-state index in [1.165, 1.54) is 0 Å². The van der Waals surface area contributed by atoms with Gasteiger partial charge in [0, 0.05) is 16.5 Å².